The van der Waals surface area contributed by atoms with E-state index in [0.29, 0.717) is 12.6 Å². The van der Waals surface area contributed by atoms with Gasteiger partial charge in [0.25, 0.3) is 0 Å². The van der Waals surface area contributed by atoms with Gasteiger partial charge in [-0.3, -0.25) is 0 Å². The molecule has 1 saturated heterocycles. The van der Waals surface area contributed by atoms with Crippen LogP contribution in [-0.2, 0) is 9.47 Å². The third-order valence-electron chi connectivity index (χ3n) is 3.00. The Morgan fingerprint density at radius 3 is 2.53 bits per heavy atom. The third-order valence-corrected chi connectivity index (χ3v) is 3.00. The van der Waals surface area contributed by atoms with E-state index < -0.39 is 0 Å². The van der Waals surface area contributed by atoms with Crippen molar-refractivity contribution in [1.29, 1.82) is 0 Å². The molecule has 1 aliphatic heterocycles. The topological polar surface area (TPSA) is 47.7 Å². The van der Waals surface area contributed by atoms with E-state index in [1.165, 1.54) is 0 Å². The van der Waals surface area contributed by atoms with Crippen LogP contribution in [0.3, 0.4) is 0 Å². The van der Waals surface area contributed by atoms with Gasteiger partial charge in [0.15, 0.2) is 0 Å². The lowest BCUT2D eigenvalue weighted by atomic mass is 10.1. The van der Waals surface area contributed by atoms with Gasteiger partial charge in [-0.05, 0) is 19.8 Å². The van der Waals surface area contributed by atoms with E-state index in [-0.39, 0.29) is 6.10 Å². The molecule has 4 nitrogen and oxygen atoms in total. The summed E-state index contributed by atoms with van der Waals surface area (Å²) in [7, 11) is 1.73. The molecular formula is C11H24N2O2. The molecular weight excluding hydrogens is 192 g/mol. The molecule has 0 aromatic rings. The Bertz CT molecular complexity index is 155. The molecule has 0 aromatic carbocycles. The van der Waals surface area contributed by atoms with Gasteiger partial charge in [0.1, 0.15) is 0 Å². The highest BCUT2D eigenvalue weighted by Gasteiger charge is 2.21. The molecule has 90 valence electrons. The molecule has 1 fully saturated rings. The average molecular weight is 216 g/mol. The van der Waals surface area contributed by atoms with Gasteiger partial charge in [-0.15, -0.1) is 0 Å². The second kappa shape index (κ2) is 7.17. The van der Waals surface area contributed by atoms with Crippen LogP contribution in [0, 0.1) is 0 Å². The zero-order chi connectivity index (χ0) is 11.1. The van der Waals surface area contributed by atoms with Crippen LogP contribution in [-0.4, -0.2) is 57.0 Å². The quantitative estimate of drug-likeness (QED) is 0.701. The van der Waals surface area contributed by atoms with Gasteiger partial charge in [-0.1, -0.05) is 0 Å². The molecule has 0 aromatic heterocycles. The maximum Gasteiger partial charge on any atom is 0.0820 e. The van der Waals surface area contributed by atoms with Crippen molar-refractivity contribution in [2.45, 2.75) is 32.0 Å². The fourth-order valence-electron chi connectivity index (χ4n) is 2.03. The van der Waals surface area contributed by atoms with Crippen molar-refractivity contribution in [3.8, 4) is 0 Å². The Morgan fingerprint density at radius 2 is 2.07 bits per heavy atom. The minimum Gasteiger partial charge on any atom is -0.379 e. The predicted octanol–water partition coefficient (Wildman–Crippen LogP) is 0.461. The second-order valence-electron chi connectivity index (χ2n) is 4.05. The predicted molar refractivity (Wildman–Crippen MR) is 60.9 cm³/mol. The number of nitrogens with two attached hydrogens (primary N) is 1. The summed E-state index contributed by atoms with van der Waals surface area (Å²) >= 11 is 0. The Hall–Kier alpha value is -0.160. The lowest BCUT2D eigenvalue weighted by Crippen LogP contribution is -2.43. The first-order chi connectivity index (χ1) is 7.30. The van der Waals surface area contributed by atoms with Crippen LogP contribution in [0.25, 0.3) is 0 Å². The molecule has 0 bridgehead atoms. The zero-order valence-electron chi connectivity index (χ0n) is 9.95. The van der Waals surface area contributed by atoms with Crippen molar-refractivity contribution < 1.29 is 9.47 Å². The van der Waals surface area contributed by atoms with Gasteiger partial charge in [-0.2, -0.15) is 0 Å². The summed E-state index contributed by atoms with van der Waals surface area (Å²) in [5, 5.41) is 0. The lowest BCUT2D eigenvalue weighted by molar-refractivity contribution is -0.00140. The smallest absolute Gasteiger partial charge is 0.0820 e. The minimum atomic E-state index is 0.175. The van der Waals surface area contributed by atoms with Crippen molar-refractivity contribution in [2.75, 3.05) is 39.9 Å². The van der Waals surface area contributed by atoms with Gasteiger partial charge in [0.05, 0.1) is 12.2 Å². The van der Waals surface area contributed by atoms with Crippen molar-refractivity contribution in [3.63, 3.8) is 0 Å². The van der Waals surface area contributed by atoms with E-state index in [1.54, 1.807) is 7.11 Å². The van der Waals surface area contributed by atoms with Crippen LogP contribution >= 0.6 is 0 Å². The first-order valence-corrected chi connectivity index (χ1v) is 5.87. The van der Waals surface area contributed by atoms with Crippen molar-refractivity contribution in [2.24, 2.45) is 5.73 Å². The van der Waals surface area contributed by atoms with E-state index in [0.717, 1.165) is 39.1 Å². The largest absolute Gasteiger partial charge is 0.379 e. The van der Waals surface area contributed by atoms with Crippen LogP contribution in [0.4, 0.5) is 0 Å². The molecule has 0 radical (unpaired) electrons. The van der Waals surface area contributed by atoms with Crippen LogP contribution < -0.4 is 5.73 Å². The number of hydrogen-bond donors (Lipinski definition) is 1. The van der Waals surface area contributed by atoms with Gasteiger partial charge in [0, 0.05) is 39.9 Å². The normalized spacial score (nSPS) is 21.8. The third kappa shape index (κ3) is 4.47. The zero-order valence-corrected chi connectivity index (χ0v) is 9.95. The SMILES string of the molecule is CCOC1CCN(CC(CN)OC)CC1. The summed E-state index contributed by atoms with van der Waals surface area (Å²) in [6, 6.07) is 0. The molecule has 0 aliphatic carbocycles. The van der Waals surface area contributed by atoms with E-state index >= 15 is 0 Å². The molecule has 1 unspecified atom stereocenters. The first kappa shape index (κ1) is 12.9. The molecule has 15 heavy (non-hydrogen) atoms. The van der Waals surface area contributed by atoms with Gasteiger partial charge >= 0.3 is 0 Å². The van der Waals surface area contributed by atoms with E-state index in [1.807, 2.05) is 0 Å². The summed E-state index contributed by atoms with van der Waals surface area (Å²) < 4.78 is 10.9. The summed E-state index contributed by atoms with van der Waals surface area (Å²) in [5.74, 6) is 0. The highest BCUT2D eigenvalue weighted by molar-refractivity contribution is 4.75. The number of rotatable bonds is 6. The standard InChI is InChI=1S/C11H24N2O2/c1-3-15-10-4-6-13(7-5-10)9-11(8-12)14-2/h10-11H,3-9,12H2,1-2H3. The summed E-state index contributed by atoms with van der Waals surface area (Å²) in [4.78, 5) is 2.41. The Morgan fingerprint density at radius 1 is 1.40 bits per heavy atom. The van der Waals surface area contributed by atoms with E-state index in [9.17, 15) is 0 Å². The highest BCUT2D eigenvalue weighted by atomic mass is 16.5. The van der Waals surface area contributed by atoms with Crippen LogP contribution in [0.5, 0.6) is 0 Å². The van der Waals surface area contributed by atoms with E-state index in [2.05, 4.69) is 11.8 Å². The number of piperidine rings is 1. The maximum atomic E-state index is 5.61. The molecule has 1 atom stereocenters. The van der Waals surface area contributed by atoms with Crippen molar-refractivity contribution >= 4 is 0 Å². The van der Waals surface area contributed by atoms with Crippen molar-refractivity contribution in [3.05, 3.63) is 0 Å². The summed E-state index contributed by atoms with van der Waals surface area (Å²) in [5.41, 5.74) is 5.60. The first-order valence-electron chi connectivity index (χ1n) is 5.87. The molecule has 2 N–H and O–H groups in total. The fraction of sp³-hybridized carbons (Fsp3) is 1.00. The minimum absolute atomic E-state index is 0.175. The molecule has 0 spiro atoms. The molecule has 0 saturated carbocycles. The number of nitrogens with zero attached hydrogens (tertiary/aromatic N) is 1. The molecule has 0 amide bonds. The summed E-state index contributed by atoms with van der Waals surface area (Å²) in [6.45, 7) is 6.64. The van der Waals surface area contributed by atoms with Crippen LogP contribution in [0.15, 0.2) is 0 Å². The second-order valence-corrected chi connectivity index (χ2v) is 4.05. The average Bonchev–Trinajstić information content (AvgIpc) is 2.28. The molecule has 1 heterocycles. The number of hydrogen-bond acceptors (Lipinski definition) is 4. The highest BCUT2D eigenvalue weighted by Crippen LogP contribution is 2.13. The fourth-order valence-corrected chi connectivity index (χ4v) is 2.03. The number of methoxy groups -OCH3 is 1. The van der Waals surface area contributed by atoms with E-state index in [4.69, 9.17) is 15.2 Å². The van der Waals surface area contributed by atoms with Gasteiger partial charge in [-0.25, -0.2) is 0 Å². The Kier molecular flexibility index (Phi) is 6.17. The maximum absolute atomic E-state index is 5.61. The monoisotopic (exact) mass is 216 g/mol. The number of likely N-dealkylation sites (tertiary alicyclic amines) is 1. The molecule has 1 aliphatic rings. The summed E-state index contributed by atoms with van der Waals surface area (Å²) in [6.07, 6.45) is 2.91. The molecule has 1 rings (SSSR count). The van der Waals surface area contributed by atoms with Gasteiger partial charge < -0.3 is 20.1 Å². The van der Waals surface area contributed by atoms with Gasteiger partial charge in [0.2, 0.25) is 0 Å². The Balaban J connectivity index is 2.19. The molecule has 4 heteroatoms. The lowest BCUT2D eigenvalue weighted by Gasteiger charge is -2.33. The van der Waals surface area contributed by atoms with Crippen LogP contribution in [0.2, 0.25) is 0 Å². The Labute approximate surface area is 92.7 Å². The van der Waals surface area contributed by atoms with Crippen LogP contribution in [0.1, 0.15) is 19.8 Å². The van der Waals surface area contributed by atoms with Crippen molar-refractivity contribution in [1.82, 2.24) is 4.90 Å². The number of ether oxygens (including phenoxy) is 2.